The maximum Gasteiger partial charge on any atom is 0.119 e. The van der Waals surface area contributed by atoms with Crippen LogP contribution in [0.2, 0.25) is 0 Å². The van der Waals surface area contributed by atoms with E-state index in [4.69, 9.17) is 10.5 Å². The lowest BCUT2D eigenvalue weighted by molar-refractivity contribution is 0.306. The molecule has 1 atom stereocenters. The Morgan fingerprint density at radius 2 is 1.80 bits per heavy atom. The molecule has 0 saturated heterocycles. The van der Waals surface area contributed by atoms with Gasteiger partial charge >= 0.3 is 0 Å². The molecule has 0 saturated carbocycles. The van der Waals surface area contributed by atoms with Crippen molar-refractivity contribution in [2.45, 2.75) is 38.8 Å². The highest BCUT2D eigenvalue weighted by molar-refractivity contribution is 5.35. The van der Waals surface area contributed by atoms with Crippen LogP contribution in [0.4, 0.5) is 0 Å². The summed E-state index contributed by atoms with van der Waals surface area (Å²) in [5, 5.41) is 0. The van der Waals surface area contributed by atoms with E-state index in [1.54, 1.807) is 0 Å². The molecule has 0 amide bonds. The molecule has 20 heavy (non-hydrogen) atoms. The molecule has 0 aromatic heterocycles. The zero-order valence-electron chi connectivity index (χ0n) is 11.9. The van der Waals surface area contributed by atoms with E-state index >= 15 is 0 Å². The number of benzene rings is 2. The average molecular weight is 267 g/mol. The first-order chi connectivity index (χ1) is 9.72. The molecule has 2 nitrogen and oxygen atoms in total. The minimum absolute atomic E-state index is 0.0701. The topological polar surface area (TPSA) is 35.2 Å². The predicted octanol–water partition coefficient (Wildman–Crippen LogP) is 3.77. The quantitative estimate of drug-likeness (QED) is 0.915. The van der Waals surface area contributed by atoms with Gasteiger partial charge < -0.3 is 10.5 Å². The summed E-state index contributed by atoms with van der Waals surface area (Å²) in [7, 11) is 0. The maximum absolute atomic E-state index is 5.85. The Bertz CT molecular complexity index is 587. The van der Waals surface area contributed by atoms with Crippen LogP contribution in [0, 0.1) is 0 Å². The van der Waals surface area contributed by atoms with Crippen LogP contribution in [-0.4, -0.2) is 0 Å². The normalized spacial score (nSPS) is 14.9. The van der Waals surface area contributed by atoms with Gasteiger partial charge in [-0.1, -0.05) is 30.3 Å². The van der Waals surface area contributed by atoms with Crippen molar-refractivity contribution in [3.63, 3.8) is 0 Å². The van der Waals surface area contributed by atoms with E-state index in [1.165, 1.54) is 36.0 Å². The molecular formula is C18H21NO. The van der Waals surface area contributed by atoms with Crippen molar-refractivity contribution in [2.75, 3.05) is 0 Å². The van der Waals surface area contributed by atoms with Crippen LogP contribution < -0.4 is 10.5 Å². The smallest absolute Gasteiger partial charge is 0.119 e. The molecule has 0 radical (unpaired) electrons. The number of hydrogen-bond acceptors (Lipinski definition) is 2. The molecule has 3 rings (SSSR count). The fraction of sp³-hybridized carbons (Fsp3) is 0.333. The third-order valence-electron chi connectivity index (χ3n) is 3.97. The van der Waals surface area contributed by atoms with Crippen molar-refractivity contribution in [3.05, 3.63) is 64.7 Å². The summed E-state index contributed by atoms with van der Waals surface area (Å²) in [6.45, 7) is 2.62. The molecule has 1 aliphatic rings. The van der Waals surface area contributed by atoms with Gasteiger partial charge in [-0.3, -0.25) is 0 Å². The fourth-order valence-corrected chi connectivity index (χ4v) is 2.75. The van der Waals surface area contributed by atoms with Gasteiger partial charge in [0.05, 0.1) is 0 Å². The number of ether oxygens (including phenoxy) is 1. The van der Waals surface area contributed by atoms with Gasteiger partial charge in [0.15, 0.2) is 0 Å². The highest BCUT2D eigenvalue weighted by Crippen LogP contribution is 2.24. The van der Waals surface area contributed by atoms with Crippen molar-refractivity contribution in [1.29, 1.82) is 0 Å². The van der Waals surface area contributed by atoms with Crippen LogP contribution in [0.1, 0.15) is 41.6 Å². The van der Waals surface area contributed by atoms with Gasteiger partial charge in [-0.15, -0.1) is 0 Å². The van der Waals surface area contributed by atoms with Crippen LogP contribution in [0.15, 0.2) is 42.5 Å². The van der Waals surface area contributed by atoms with E-state index in [2.05, 4.69) is 18.2 Å². The third kappa shape index (κ3) is 2.86. The number of aryl methyl sites for hydroxylation is 2. The van der Waals surface area contributed by atoms with Crippen LogP contribution in [0.25, 0.3) is 0 Å². The van der Waals surface area contributed by atoms with Crippen LogP contribution in [0.5, 0.6) is 5.75 Å². The Balaban J connectivity index is 1.64. The molecule has 0 aliphatic heterocycles. The van der Waals surface area contributed by atoms with Gasteiger partial charge in [0.1, 0.15) is 12.4 Å². The summed E-state index contributed by atoms with van der Waals surface area (Å²) >= 11 is 0. The van der Waals surface area contributed by atoms with Gasteiger partial charge in [0.25, 0.3) is 0 Å². The van der Waals surface area contributed by atoms with E-state index in [9.17, 15) is 0 Å². The molecular weight excluding hydrogens is 246 g/mol. The average Bonchev–Trinajstić information content (AvgIpc) is 2.93. The molecule has 104 valence electrons. The van der Waals surface area contributed by atoms with Crippen LogP contribution >= 0.6 is 0 Å². The third-order valence-corrected chi connectivity index (χ3v) is 3.97. The zero-order valence-corrected chi connectivity index (χ0v) is 11.9. The van der Waals surface area contributed by atoms with E-state index < -0.39 is 0 Å². The summed E-state index contributed by atoms with van der Waals surface area (Å²) in [6.07, 6.45) is 3.74. The standard InChI is InChI=1S/C18H21NO/c1-13(19)15-7-9-18(10-8-15)20-12-14-5-6-16-3-2-4-17(16)11-14/h5-11,13H,2-4,12,19H2,1H3. The molecule has 2 aromatic rings. The van der Waals surface area contributed by atoms with E-state index in [0.29, 0.717) is 6.61 Å². The second kappa shape index (κ2) is 5.68. The minimum Gasteiger partial charge on any atom is -0.489 e. The van der Waals surface area contributed by atoms with Gasteiger partial charge in [0, 0.05) is 6.04 Å². The summed E-state index contributed by atoms with van der Waals surface area (Å²) in [4.78, 5) is 0. The largest absolute Gasteiger partial charge is 0.489 e. The summed E-state index contributed by atoms with van der Waals surface area (Å²) < 4.78 is 5.85. The lowest BCUT2D eigenvalue weighted by atomic mass is 10.1. The van der Waals surface area contributed by atoms with Crippen molar-refractivity contribution in [1.82, 2.24) is 0 Å². The molecule has 2 aromatic carbocycles. The molecule has 0 spiro atoms. The summed E-state index contributed by atoms with van der Waals surface area (Å²) in [5.74, 6) is 0.898. The van der Waals surface area contributed by atoms with Crippen molar-refractivity contribution < 1.29 is 4.74 Å². The zero-order chi connectivity index (χ0) is 13.9. The first-order valence-electron chi connectivity index (χ1n) is 7.31. The van der Waals surface area contributed by atoms with Gasteiger partial charge in [-0.2, -0.15) is 0 Å². The summed E-state index contributed by atoms with van der Waals surface area (Å²) in [6, 6.07) is 14.8. The van der Waals surface area contributed by atoms with E-state index in [0.717, 1.165) is 11.3 Å². The van der Waals surface area contributed by atoms with Crippen LogP contribution in [-0.2, 0) is 19.4 Å². The molecule has 2 N–H and O–H groups in total. The number of nitrogens with two attached hydrogens (primary N) is 1. The second-order valence-electron chi connectivity index (χ2n) is 5.60. The number of rotatable bonds is 4. The van der Waals surface area contributed by atoms with Crippen LogP contribution in [0.3, 0.4) is 0 Å². The number of hydrogen-bond donors (Lipinski definition) is 1. The van der Waals surface area contributed by atoms with Crippen molar-refractivity contribution in [3.8, 4) is 5.75 Å². The summed E-state index contributed by atoms with van der Waals surface area (Å²) in [5.41, 5.74) is 11.2. The van der Waals surface area contributed by atoms with Crippen molar-refractivity contribution in [2.24, 2.45) is 5.73 Å². The highest BCUT2D eigenvalue weighted by atomic mass is 16.5. The van der Waals surface area contributed by atoms with Gasteiger partial charge in [-0.25, -0.2) is 0 Å². The number of fused-ring (bicyclic) bond motifs is 1. The lowest BCUT2D eigenvalue weighted by Gasteiger charge is -2.10. The minimum atomic E-state index is 0.0701. The van der Waals surface area contributed by atoms with Crippen molar-refractivity contribution >= 4 is 0 Å². The Morgan fingerprint density at radius 1 is 1.05 bits per heavy atom. The first kappa shape index (κ1) is 13.2. The molecule has 1 unspecified atom stereocenters. The maximum atomic E-state index is 5.85. The molecule has 1 aliphatic carbocycles. The molecule has 2 heteroatoms. The highest BCUT2D eigenvalue weighted by Gasteiger charge is 2.10. The Kier molecular flexibility index (Phi) is 3.75. The van der Waals surface area contributed by atoms with Gasteiger partial charge in [0.2, 0.25) is 0 Å². The molecule has 0 fully saturated rings. The van der Waals surface area contributed by atoms with E-state index in [1.807, 2.05) is 31.2 Å². The lowest BCUT2D eigenvalue weighted by Crippen LogP contribution is -2.04. The Morgan fingerprint density at radius 3 is 2.55 bits per heavy atom. The second-order valence-corrected chi connectivity index (χ2v) is 5.60. The Labute approximate surface area is 120 Å². The molecule has 0 heterocycles. The first-order valence-corrected chi connectivity index (χ1v) is 7.31. The molecule has 0 bridgehead atoms. The predicted molar refractivity (Wildman–Crippen MR) is 81.8 cm³/mol. The fourth-order valence-electron chi connectivity index (χ4n) is 2.75. The Hall–Kier alpha value is -1.80. The SMILES string of the molecule is CC(N)c1ccc(OCc2ccc3c(c2)CCC3)cc1. The monoisotopic (exact) mass is 267 g/mol. The van der Waals surface area contributed by atoms with E-state index in [-0.39, 0.29) is 6.04 Å². The van der Waals surface area contributed by atoms with Gasteiger partial charge in [-0.05, 0) is 60.6 Å².